The van der Waals surface area contributed by atoms with Crippen LogP contribution in [0.15, 0.2) is 24.3 Å². The normalized spacial score (nSPS) is 12.8. The lowest BCUT2D eigenvalue weighted by atomic mass is 10.0. The van der Waals surface area contributed by atoms with Gasteiger partial charge in [0.25, 0.3) is 0 Å². The summed E-state index contributed by atoms with van der Waals surface area (Å²) in [6.45, 7) is 4.88. The quantitative estimate of drug-likeness (QED) is 0.0321. The first kappa shape index (κ1) is 60.3. The number of aliphatic hydroxyl groups is 2. The topological polar surface area (TPSA) is 95.9 Å². The number of rotatable bonds is 51. The Morgan fingerprint density at radius 1 is 0.435 bits per heavy atom. The molecule has 1 amide bonds. The van der Waals surface area contributed by atoms with E-state index < -0.39 is 12.1 Å². The first-order valence-electron chi connectivity index (χ1n) is 27.6. The highest BCUT2D eigenvalue weighted by Crippen LogP contribution is 2.16. The summed E-state index contributed by atoms with van der Waals surface area (Å²) in [6.07, 6.45) is 61.8. The zero-order valence-corrected chi connectivity index (χ0v) is 41.6. The predicted octanol–water partition coefficient (Wildman–Crippen LogP) is 16.7. The van der Waals surface area contributed by atoms with Gasteiger partial charge in [-0.2, -0.15) is 0 Å². The van der Waals surface area contributed by atoms with Crippen molar-refractivity contribution in [1.82, 2.24) is 5.32 Å². The second-order valence-corrected chi connectivity index (χ2v) is 18.9. The SMILES string of the molecule is CCCCCCCC/C=C\CCCCCCCCCC(=O)OCCCCCCCCCCCCCCCC(=O)NC(CO)C(O)/C=C/CCCCCCCCCCCCCCC. The summed E-state index contributed by atoms with van der Waals surface area (Å²) in [5, 5.41) is 23.1. The fourth-order valence-corrected chi connectivity index (χ4v) is 8.45. The van der Waals surface area contributed by atoms with Crippen LogP contribution in [0.2, 0.25) is 0 Å². The smallest absolute Gasteiger partial charge is 0.305 e. The van der Waals surface area contributed by atoms with Crippen LogP contribution in [0.25, 0.3) is 0 Å². The van der Waals surface area contributed by atoms with E-state index in [9.17, 15) is 19.8 Å². The molecule has 0 bridgehead atoms. The Bertz CT molecular complexity index is 966. The van der Waals surface area contributed by atoms with Gasteiger partial charge in [-0.05, 0) is 57.8 Å². The highest BCUT2D eigenvalue weighted by Gasteiger charge is 2.18. The van der Waals surface area contributed by atoms with Crippen LogP contribution in [-0.2, 0) is 14.3 Å². The predicted molar refractivity (Wildman–Crippen MR) is 269 cm³/mol. The number of aliphatic hydroxyl groups excluding tert-OH is 2. The van der Waals surface area contributed by atoms with Crippen molar-refractivity contribution < 1.29 is 24.5 Å². The summed E-state index contributed by atoms with van der Waals surface area (Å²) in [5.74, 6) is -0.0901. The Morgan fingerprint density at radius 3 is 1.15 bits per heavy atom. The van der Waals surface area contributed by atoms with Gasteiger partial charge in [0.1, 0.15) is 0 Å². The van der Waals surface area contributed by atoms with Crippen molar-refractivity contribution in [3.05, 3.63) is 24.3 Å². The van der Waals surface area contributed by atoms with Gasteiger partial charge in [0, 0.05) is 12.8 Å². The molecule has 0 aromatic carbocycles. The van der Waals surface area contributed by atoms with Crippen molar-refractivity contribution in [3.63, 3.8) is 0 Å². The number of carbonyl (C=O) groups is 2. The third-order valence-corrected chi connectivity index (χ3v) is 12.7. The average molecular weight is 874 g/mol. The lowest BCUT2D eigenvalue weighted by Crippen LogP contribution is -2.45. The maximum absolute atomic E-state index is 12.4. The highest BCUT2D eigenvalue weighted by atomic mass is 16.5. The molecule has 0 aliphatic carbocycles. The molecule has 6 heteroatoms. The van der Waals surface area contributed by atoms with E-state index >= 15 is 0 Å². The molecule has 0 saturated carbocycles. The Balaban J connectivity index is 3.47. The number of esters is 1. The summed E-state index contributed by atoms with van der Waals surface area (Å²) in [6, 6.07) is -0.637. The van der Waals surface area contributed by atoms with Gasteiger partial charge < -0.3 is 20.3 Å². The average Bonchev–Trinajstić information content (AvgIpc) is 3.27. The molecule has 366 valence electrons. The molecule has 0 radical (unpaired) electrons. The monoisotopic (exact) mass is 874 g/mol. The van der Waals surface area contributed by atoms with Crippen molar-refractivity contribution >= 4 is 11.9 Å². The van der Waals surface area contributed by atoms with E-state index in [4.69, 9.17) is 4.74 Å². The van der Waals surface area contributed by atoms with Crippen LogP contribution in [-0.4, -0.2) is 47.4 Å². The molecule has 0 heterocycles. The molecule has 3 N–H and O–H groups in total. The Labute approximate surface area is 386 Å². The maximum atomic E-state index is 12.4. The number of carbonyl (C=O) groups excluding carboxylic acids is 2. The first-order valence-corrected chi connectivity index (χ1v) is 27.6. The van der Waals surface area contributed by atoms with Crippen LogP contribution in [0.4, 0.5) is 0 Å². The minimum atomic E-state index is -0.852. The summed E-state index contributed by atoms with van der Waals surface area (Å²) in [7, 11) is 0. The first-order chi connectivity index (χ1) is 30.5. The molecular weight excluding hydrogens is 767 g/mol. The van der Waals surface area contributed by atoms with Crippen molar-refractivity contribution in [2.45, 2.75) is 309 Å². The number of hydrogen-bond acceptors (Lipinski definition) is 5. The van der Waals surface area contributed by atoms with E-state index in [2.05, 4.69) is 31.3 Å². The van der Waals surface area contributed by atoms with Crippen molar-refractivity contribution in [1.29, 1.82) is 0 Å². The number of allylic oxidation sites excluding steroid dienone is 3. The molecule has 6 nitrogen and oxygen atoms in total. The minimum absolute atomic E-state index is 0.0101. The zero-order valence-electron chi connectivity index (χ0n) is 41.6. The third kappa shape index (κ3) is 47.8. The third-order valence-electron chi connectivity index (χ3n) is 12.7. The Morgan fingerprint density at radius 2 is 0.758 bits per heavy atom. The van der Waals surface area contributed by atoms with E-state index in [0.717, 1.165) is 57.8 Å². The number of amides is 1. The number of unbranched alkanes of at least 4 members (excludes halogenated alkanes) is 38. The number of hydrogen-bond donors (Lipinski definition) is 3. The minimum Gasteiger partial charge on any atom is -0.466 e. The van der Waals surface area contributed by atoms with Crippen LogP contribution in [0, 0.1) is 0 Å². The van der Waals surface area contributed by atoms with Crippen molar-refractivity contribution in [2.24, 2.45) is 0 Å². The van der Waals surface area contributed by atoms with Crippen LogP contribution in [0.5, 0.6) is 0 Å². The van der Waals surface area contributed by atoms with E-state index in [1.54, 1.807) is 6.08 Å². The second-order valence-electron chi connectivity index (χ2n) is 18.9. The van der Waals surface area contributed by atoms with E-state index in [-0.39, 0.29) is 18.5 Å². The van der Waals surface area contributed by atoms with Gasteiger partial charge in [-0.25, -0.2) is 0 Å². The van der Waals surface area contributed by atoms with E-state index in [1.165, 1.54) is 212 Å². The Hall–Kier alpha value is -1.66. The molecule has 0 saturated heterocycles. The highest BCUT2D eigenvalue weighted by molar-refractivity contribution is 5.76. The Kier molecular flexibility index (Phi) is 50.6. The second kappa shape index (κ2) is 52.0. The standard InChI is InChI=1S/C56H107NO5/c1-3-5-7-9-11-13-15-17-19-20-22-26-30-34-38-42-46-50-56(61)62-51-47-43-39-35-31-27-23-25-29-33-37-41-45-49-55(60)57-53(52-58)54(59)48-44-40-36-32-28-24-21-18-16-14-12-10-8-6-4-2/h17,19,44,48,53-54,58-59H,3-16,18,20-43,45-47,49-52H2,1-2H3,(H,57,60)/b19-17-,48-44+. The molecular formula is C56H107NO5. The van der Waals surface area contributed by atoms with Crippen molar-refractivity contribution in [3.8, 4) is 0 Å². The fraction of sp³-hybridized carbons (Fsp3) is 0.893. The summed E-state index contributed by atoms with van der Waals surface area (Å²) < 4.78 is 5.47. The lowest BCUT2D eigenvalue weighted by Gasteiger charge is -2.20. The molecule has 0 aromatic rings. The largest absolute Gasteiger partial charge is 0.466 e. The maximum Gasteiger partial charge on any atom is 0.305 e. The fourth-order valence-electron chi connectivity index (χ4n) is 8.45. The molecule has 0 fully saturated rings. The summed E-state index contributed by atoms with van der Waals surface area (Å²) in [5.41, 5.74) is 0. The molecule has 0 aliphatic rings. The molecule has 2 atom stereocenters. The van der Waals surface area contributed by atoms with Gasteiger partial charge in [0.15, 0.2) is 0 Å². The van der Waals surface area contributed by atoms with Gasteiger partial charge >= 0.3 is 5.97 Å². The lowest BCUT2D eigenvalue weighted by molar-refractivity contribution is -0.143. The number of ether oxygens (including phenoxy) is 1. The van der Waals surface area contributed by atoms with Crippen LogP contribution in [0.1, 0.15) is 296 Å². The van der Waals surface area contributed by atoms with E-state index in [1.807, 2.05) is 6.08 Å². The van der Waals surface area contributed by atoms with Gasteiger partial charge in [-0.1, -0.05) is 250 Å². The van der Waals surface area contributed by atoms with Gasteiger partial charge in [-0.3, -0.25) is 9.59 Å². The molecule has 0 aliphatic heterocycles. The van der Waals surface area contributed by atoms with Gasteiger partial charge in [0.2, 0.25) is 5.91 Å². The van der Waals surface area contributed by atoms with Crippen LogP contribution >= 0.6 is 0 Å². The van der Waals surface area contributed by atoms with Gasteiger partial charge in [0.05, 0.1) is 25.4 Å². The molecule has 0 aromatic heterocycles. The molecule has 0 rings (SSSR count). The molecule has 62 heavy (non-hydrogen) atoms. The van der Waals surface area contributed by atoms with Crippen LogP contribution in [0.3, 0.4) is 0 Å². The number of nitrogens with one attached hydrogen (secondary N) is 1. The van der Waals surface area contributed by atoms with E-state index in [0.29, 0.717) is 19.4 Å². The van der Waals surface area contributed by atoms with Crippen molar-refractivity contribution in [2.75, 3.05) is 13.2 Å². The zero-order chi connectivity index (χ0) is 45.1. The van der Waals surface area contributed by atoms with Crippen LogP contribution < -0.4 is 5.32 Å². The molecule has 2 unspecified atom stereocenters. The van der Waals surface area contributed by atoms with Gasteiger partial charge in [-0.15, -0.1) is 0 Å². The summed E-state index contributed by atoms with van der Waals surface area (Å²) >= 11 is 0. The molecule has 0 spiro atoms. The summed E-state index contributed by atoms with van der Waals surface area (Å²) in [4.78, 5) is 24.5.